The Morgan fingerprint density at radius 2 is 0.611 bits per heavy atom. The van der Waals surface area contributed by atoms with Crippen molar-refractivity contribution in [3.8, 4) is 0 Å². The standard InChI is InChI=1S/C29H23NP2.2Au.2ClH/c1-5-14-24(15-6-1)31(25-16-7-2-8-17-25)28-22-13-23-29(30-28)32(26-18-9-3-10-19-26)27-20-11-4-12-21-27;;;;/h1-23H;;;2*1H/q;2*+1;;. The molecule has 0 fully saturated rings. The molecule has 1 nitrogen and oxygen atoms in total. The summed E-state index contributed by atoms with van der Waals surface area (Å²) in [6.45, 7) is 0. The predicted molar refractivity (Wildman–Crippen MR) is 156 cm³/mol. The minimum absolute atomic E-state index is 1.19. The van der Waals surface area contributed by atoms with Gasteiger partial charge in [-0.3, -0.25) is 0 Å². The van der Waals surface area contributed by atoms with E-state index in [0.29, 0.717) is 0 Å². The molecule has 0 bridgehead atoms. The van der Waals surface area contributed by atoms with Crippen LogP contribution >= 0.6 is 34.2 Å². The van der Waals surface area contributed by atoms with Gasteiger partial charge in [0.15, 0.2) is 10.9 Å². The number of pyridine rings is 1. The molecule has 1 heterocycles. The van der Waals surface area contributed by atoms with E-state index in [1.54, 1.807) is 40.0 Å². The van der Waals surface area contributed by atoms with Gasteiger partial charge in [-0.2, -0.15) is 4.98 Å². The van der Waals surface area contributed by atoms with Gasteiger partial charge in [-0.25, -0.2) is 0 Å². The second-order valence-electron chi connectivity index (χ2n) is 7.62. The Kier molecular flexibility index (Phi) is 13.7. The molecule has 0 radical (unpaired) electrons. The number of benzene rings is 4. The maximum absolute atomic E-state index is 5.37. The summed E-state index contributed by atoms with van der Waals surface area (Å²) in [6.07, 6.45) is 0. The van der Waals surface area contributed by atoms with Crippen LogP contribution < -0.4 is 32.1 Å². The van der Waals surface area contributed by atoms with Gasteiger partial charge >= 0.3 is 58.4 Å². The van der Waals surface area contributed by atoms with Crippen LogP contribution in [0.2, 0.25) is 0 Å². The number of hydrogen-bond donors (Lipinski definition) is 0. The van der Waals surface area contributed by atoms with E-state index in [1.165, 1.54) is 32.1 Å². The zero-order valence-corrected chi connectivity index (χ0v) is 26.9. The zero-order chi connectivity index (χ0) is 25.6. The maximum atomic E-state index is 5.37. The summed E-state index contributed by atoms with van der Waals surface area (Å²) in [5.41, 5.74) is 2.39. The summed E-state index contributed by atoms with van der Waals surface area (Å²) in [6, 6.07) is 50.0. The van der Waals surface area contributed by atoms with E-state index in [0.717, 1.165) is 0 Å². The molecule has 0 saturated heterocycles. The van der Waals surface area contributed by atoms with Crippen molar-refractivity contribution < 1.29 is 40.0 Å². The summed E-state index contributed by atoms with van der Waals surface area (Å²) in [5, 5.41) is 5.45. The molecule has 5 rings (SSSR count). The number of halogens is 2. The van der Waals surface area contributed by atoms with Gasteiger partial charge in [0.2, 0.25) is 0 Å². The van der Waals surface area contributed by atoms with Crippen LogP contribution in [0.4, 0.5) is 0 Å². The van der Waals surface area contributed by atoms with Gasteiger partial charge in [-0.15, -0.1) is 0 Å². The van der Waals surface area contributed by atoms with Gasteiger partial charge in [0.1, 0.15) is 37.1 Å². The van der Waals surface area contributed by atoms with Crippen molar-refractivity contribution in [2.75, 3.05) is 0 Å². The molecule has 5 aromatic rings. The van der Waals surface area contributed by atoms with E-state index in [2.05, 4.69) is 158 Å². The van der Waals surface area contributed by atoms with Gasteiger partial charge in [0.25, 0.3) is 0 Å². The third-order valence-electron chi connectivity index (χ3n) is 5.51. The minimum Gasteiger partial charge on any atom is -0.177 e. The van der Waals surface area contributed by atoms with E-state index in [4.69, 9.17) is 4.98 Å². The van der Waals surface area contributed by atoms with Gasteiger partial charge in [-0.05, 0) is 48.5 Å². The summed E-state index contributed by atoms with van der Waals surface area (Å²) < 4.78 is 0. The average Bonchev–Trinajstić information content (AvgIpc) is 2.98. The first-order valence-electron chi connectivity index (χ1n) is 11.1. The fourth-order valence-electron chi connectivity index (χ4n) is 4.06. The van der Waals surface area contributed by atoms with Crippen molar-refractivity contribution in [1.29, 1.82) is 0 Å². The van der Waals surface area contributed by atoms with E-state index in [1.807, 2.05) is 0 Å². The van der Waals surface area contributed by atoms with E-state index in [9.17, 15) is 0 Å². The van der Waals surface area contributed by atoms with Crippen LogP contribution in [0.5, 0.6) is 0 Å². The SMILES string of the molecule is [Cl][Au].[Cl][Au].c1ccc([PH+](c2ccccc2)c2cccc([PH+](c3ccccc3)c3ccccc3)n2)cc1. The molecule has 0 spiro atoms. The first kappa shape index (κ1) is 29.5. The molecule has 0 atom stereocenters. The Hall–Kier alpha value is -1.05. The molecule has 0 aliphatic rings. The Balaban J connectivity index is 0.000000861. The molecule has 190 valence electrons. The monoisotopic (exact) mass is 913 g/mol. The van der Waals surface area contributed by atoms with E-state index >= 15 is 0 Å². The van der Waals surface area contributed by atoms with Gasteiger partial charge < -0.3 is 0 Å². The van der Waals surface area contributed by atoms with Crippen LogP contribution in [0.15, 0.2) is 140 Å². The molecule has 1 aromatic heterocycles. The van der Waals surface area contributed by atoms with Crippen molar-refractivity contribution in [2.45, 2.75) is 0 Å². The molecule has 0 aliphatic heterocycles. The average molecular weight is 914 g/mol. The predicted octanol–water partition coefficient (Wildman–Crippen LogP) is 5.44. The third-order valence-corrected chi connectivity index (χ3v) is 10.7. The molecule has 0 aliphatic carbocycles. The normalized spacial score (nSPS) is 10.2. The minimum atomic E-state index is -1.19. The molecule has 36 heavy (non-hydrogen) atoms. The molecule has 0 N–H and O–H groups in total. The smallest absolute Gasteiger partial charge is 0.177 e. The van der Waals surface area contributed by atoms with Crippen molar-refractivity contribution >= 4 is 66.3 Å². The first-order valence-corrected chi connectivity index (χ1v) is 19.4. The summed E-state index contributed by atoms with van der Waals surface area (Å²) in [4.78, 5) is 5.37. The number of aromatic nitrogens is 1. The van der Waals surface area contributed by atoms with Gasteiger partial charge in [0.05, 0.1) is 0 Å². The summed E-state index contributed by atoms with van der Waals surface area (Å²) >= 11 is 3.50. The van der Waals surface area contributed by atoms with Crippen molar-refractivity contribution in [3.05, 3.63) is 140 Å². The van der Waals surface area contributed by atoms with Crippen molar-refractivity contribution in [1.82, 2.24) is 4.98 Å². The Morgan fingerprint density at radius 1 is 0.361 bits per heavy atom. The van der Waals surface area contributed by atoms with Crippen LogP contribution in [0, 0.1) is 0 Å². The number of rotatable bonds is 6. The largest absolute Gasteiger partial charge is 0.194 e. The van der Waals surface area contributed by atoms with Crippen LogP contribution in [0.1, 0.15) is 0 Å². The number of hydrogen-bond acceptors (Lipinski definition) is 1. The fraction of sp³-hybridized carbons (Fsp3) is 0. The second kappa shape index (κ2) is 16.7. The quantitative estimate of drug-likeness (QED) is 0.164. The molecule has 0 saturated carbocycles. The van der Waals surface area contributed by atoms with Crippen LogP contribution in [-0.4, -0.2) is 4.98 Å². The Morgan fingerprint density at radius 3 is 0.861 bits per heavy atom. The summed E-state index contributed by atoms with van der Waals surface area (Å²) in [5.74, 6) is 0. The maximum Gasteiger partial charge on any atom is 0.194 e. The first-order chi connectivity index (χ1) is 17.9. The Labute approximate surface area is 248 Å². The molecule has 7 heteroatoms. The fourth-order valence-corrected chi connectivity index (χ4v) is 9.11. The van der Waals surface area contributed by atoms with E-state index < -0.39 is 15.8 Å². The Bertz CT molecular complexity index is 1100. The van der Waals surface area contributed by atoms with Gasteiger partial charge in [-0.1, -0.05) is 78.9 Å². The van der Waals surface area contributed by atoms with Crippen LogP contribution in [0.3, 0.4) is 0 Å². The van der Waals surface area contributed by atoms with Gasteiger partial charge in [0, 0.05) is 12.1 Å². The van der Waals surface area contributed by atoms with Crippen LogP contribution in [0.25, 0.3) is 0 Å². The van der Waals surface area contributed by atoms with Crippen molar-refractivity contribution in [2.24, 2.45) is 0 Å². The number of nitrogens with zero attached hydrogens (tertiary/aromatic N) is 1. The molecule has 0 amide bonds. The van der Waals surface area contributed by atoms with Crippen LogP contribution in [-0.2, 0) is 40.0 Å². The molecule has 0 unspecified atom stereocenters. The van der Waals surface area contributed by atoms with Crippen molar-refractivity contribution in [3.63, 3.8) is 0 Å². The van der Waals surface area contributed by atoms with E-state index in [-0.39, 0.29) is 0 Å². The molecular weight excluding hydrogens is 889 g/mol. The third kappa shape index (κ3) is 7.97. The summed E-state index contributed by atoms with van der Waals surface area (Å²) in [7, 11) is 6.79. The topological polar surface area (TPSA) is 12.9 Å². The molecular formula is C29H25Au2Cl2NP2+2. The zero-order valence-electron chi connectivity index (χ0n) is 19.1. The molecule has 4 aromatic carbocycles. The second-order valence-corrected chi connectivity index (χ2v) is 12.5.